The van der Waals surface area contributed by atoms with Gasteiger partial charge in [0.25, 0.3) is 0 Å². The first-order valence-corrected chi connectivity index (χ1v) is 8.87. The van der Waals surface area contributed by atoms with E-state index in [4.69, 9.17) is 27.7 Å². The van der Waals surface area contributed by atoms with Gasteiger partial charge in [-0.1, -0.05) is 34.4 Å². The molecule has 0 fully saturated rings. The van der Waals surface area contributed by atoms with Crippen LogP contribution in [0.15, 0.2) is 35.0 Å². The molecule has 1 amide bonds. The molecule has 0 spiro atoms. The molecule has 8 heteroatoms. The fraction of sp³-hybridized carbons (Fsp3) is 0.278. The Morgan fingerprint density at radius 2 is 2.08 bits per heavy atom. The molecule has 6 nitrogen and oxygen atoms in total. The van der Waals surface area contributed by atoms with Gasteiger partial charge < -0.3 is 9.84 Å². The van der Waals surface area contributed by atoms with E-state index in [-0.39, 0.29) is 5.91 Å². The number of nitrogens with zero attached hydrogens (tertiary/aromatic N) is 3. The third kappa shape index (κ3) is 4.26. The second kappa shape index (κ2) is 7.93. The Kier molecular flexibility index (Phi) is 5.64. The van der Waals surface area contributed by atoms with Crippen LogP contribution >= 0.6 is 23.2 Å². The van der Waals surface area contributed by atoms with Gasteiger partial charge in [0.05, 0.1) is 18.4 Å². The molecule has 1 aromatic carbocycles. The molecule has 0 aliphatic heterocycles. The number of aromatic nitrogens is 3. The Labute approximate surface area is 161 Å². The number of rotatable bonds is 6. The van der Waals surface area contributed by atoms with Crippen LogP contribution in [0.5, 0.6) is 0 Å². The fourth-order valence-corrected chi connectivity index (χ4v) is 3.15. The molecule has 1 N–H and O–H groups in total. The van der Waals surface area contributed by atoms with E-state index >= 15 is 0 Å². The van der Waals surface area contributed by atoms with Crippen LogP contribution in [0.1, 0.15) is 29.0 Å². The highest BCUT2D eigenvalue weighted by Crippen LogP contribution is 2.23. The lowest BCUT2D eigenvalue weighted by atomic mass is 10.1. The van der Waals surface area contributed by atoms with Gasteiger partial charge in [0.2, 0.25) is 5.91 Å². The Hall–Kier alpha value is -2.31. The molecule has 0 radical (unpaired) electrons. The van der Waals surface area contributed by atoms with Gasteiger partial charge in [0, 0.05) is 28.1 Å². The Morgan fingerprint density at radius 1 is 1.27 bits per heavy atom. The average Bonchev–Trinajstić information content (AvgIpc) is 3.15. The van der Waals surface area contributed by atoms with Crippen LogP contribution in [0.3, 0.4) is 0 Å². The molecular weight excluding hydrogens is 375 g/mol. The van der Waals surface area contributed by atoms with E-state index in [2.05, 4.69) is 15.6 Å². The van der Waals surface area contributed by atoms with E-state index in [1.807, 2.05) is 19.9 Å². The Morgan fingerprint density at radius 3 is 2.77 bits per heavy atom. The van der Waals surface area contributed by atoms with Crippen molar-refractivity contribution in [1.29, 1.82) is 0 Å². The molecule has 0 unspecified atom stereocenters. The minimum atomic E-state index is -0.103. The lowest BCUT2D eigenvalue weighted by Crippen LogP contribution is -2.16. The minimum absolute atomic E-state index is 0.103. The van der Waals surface area contributed by atoms with Gasteiger partial charge in [-0.3, -0.25) is 4.79 Å². The van der Waals surface area contributed by atoms with Crippen molar-refractivity contribution < 1.29 is 9.32 Å². The largest absolute Gasteiger partial charge is 0.361 e. The van der Waals surface area contributed by atoms with E-state index < -0.39 is 0 Å². The summed E-state index contributed by atoms with van der Waals surface area (Å²) in [5.41, 5.74) is 2.66. The van der Waals surface area contributed by atoms with Crippen molar-refractivity contribution in [1.82, 2.24) is 14.9 Å². The van der Waals surface area contributed by atoms with Crippen LogP contribution in [0.25, 0.3) is 0 Å². The molecule has 0 atom stereocenters. The number of hydrogen-bond donors (Lipinski definition) is 1. The summed E-state index contributed by atoms with van der Waals surface area (Å²) in [6.45, 7) is 4.15. The molecule has 0 aliphatic carbocycles. The maximum atomic E-state index is 12.3. The van der Waals surface area contributed by atoms with Crippen molar-refractivity contribution in [3.8, 4) is 0 Å². The Balaban J connectivity index is 1.64. The van der Waals surface area contributed by atoms with Gasteiger partial charge in [-0.2, -0.15) is 5.10 Å². The van der Waals surface area contributed by atoms with Crippen LogP contribution in [-0.4, -0.2) is 20.8 Å². The molecule has 0 saturated carbocycles. The first-order chi connectivity index (χ1) is 12.4. The number of carbonyl (C=O) groups excluding carboxylic acids is 1. The van der Waals surface area contributed by atoms with Gasteiger partial charge in [-0.15, -0.1) is 0 Å². The Bertz CT molecular complexity index is 914. The highest BCUT2D eigenvalue weighted by atomic mass is 35.5. The lowest BCUT2D eigenvalue weighted by molar-refractivity contribution is -0.116. The third-order valence-corrected chi connectivity index (χ3v) is 4.69. The summed E-state index contributed by atoms with van der Waals surface area (Å²) < 4.78 is 6.80. The number of benzene rings is 1. The predicted octanol–water partition coefficient (Wildman–Crippen LogP) is 4.41. The van der Waals surface area contributed by atoms with Crippen molar-refractivity contribution >= 4 is 34.9 Å². The highest BCUT2D eigenvalue weighted by Gasteiger charge is 2.13. The second-order valence-corrected chi connectivity index (χ2v) is 6.80. The highest BCUT2D eigenvalue weighted by molar-refractivity contribution is 6.35. The van der Waals surface area contributed by atoms with Crippen LogP contribution in [0.4, 0.5) is 5.82 Å². The summed E-state index contributed by atoms with van der Waals surface area (Å²) in [6, 6.07) is 7.05. The van der Waals surface area contributed by atoms with Crippen molar-refractivity contribution in [2.24, 2.45) is 0 Å². The molecule has 0 aliphatic rings. The quantitative estimate of drug-likeness (QED) is 0.673. The number of carbonyl (C=O) groups is 1. The van der Waals surface area contributed by atoms with E-state index in [0.717, 1.165) is 22.6 Å². The second-order valence-electron chi connectivity index (χ2n) is 5.96. The van der Waals surface area contributed by atoms with Crippen molar-refractivity contribution in [3.63, 3.8) is 0 Å². The van der Waals surface area contributed by atoms with E-state index in [0.29, 0.717) is 35.2 Å². The molecule has 2 aromatic heterocycles. The molecule has 2 heterocycles. The lowest BCUT2D eigenvalue weighted by Gasteiger charge is -2.10. The summed E-state index contributed by atoms with van der Waals surface area (Å²) >= 11 is 12.1. The molecule has 3 aromatic rings. The molecule has 0 saturated heterocycles. The smallest absolute Gasteiger partial charge is 0.225 e. The minimum Gasteiger partial charge on any atom is -0.361 e. The van der Waals surface area contributed by atoms with E-state index in [9.17, 15) is 4.79 Å². The number of anilines is 1. The zero-order valence-electron chi connectivity index (χ0n) is 14.4. The van der Waals surface area contributed by atoms with Crippen LogP contribution in [0.2, 0.25) is 10.0 Å². The maximum absolute atomic E-state index is 12.3. The standard InChI is InChI=1S/C18H18Cl2N4O2/c1-11-15(12(2)26-23-11)5-6-18(25)22-17-7-8-21-24(17)10-13-3-4-14(19)9-16(13)20/h3-4,7-9H,5-6,10H2,1-2H3,(H,22,25). The summed E-state index contributed by atoms with van der Waals surface area (Å²) in [6.07, 6.45) is 2.54. The first kappa shape index (κ1) is 18.5. The third-order valence-electron chi connectivity index (χ3n) is 4.10. The first-order valence-electron chi connectivity index (χ1n) is 8.11. The summed E-state index contributed by atoms with van der Waals surface area (Å²) in [7, 11) is 0. The van der Waals surface area contributed by atoms with E-state index in [1.54, 1.807) is 29.1 Å². The number of amides is 1. The normalized spacial score (nSPS) is 10.9. The summed E-state index contributed by atoms with van der Waals surface area (Å²) in [5.74, 6) is 1.26. The zero-order chi connectivity index (χ0) is 18.7. The van der Waals surface area contributed by atoms with Crippen LogP contribution < -0.4 is 5.32 Å². The van der Waals surface area contributed by atoms with Crippen molar-refractivity contribution in [2.75, 3.05) is 5.32 Å². The summed E-state index contributed by atoms with van der Waals surface area (Å²) in [4.78, 5) is 12.3. The number of hydrogen-bond acceptors (Lipinski definition) is 4. The summed E-state index contributed by atoms with van der Waals surface area (Å²) in [5, 5.41) is 12.2. The van der Waals surface area contributed by atoms with Crippen LogP contribution in [0, 0.1) is 13.8 Å². The zero-order valence-corrected chi connectivity index (χ0v) is 15.9. The molecule has 136 valence electrons. The molecule has 0 bridgehead atoms. The van der Waals surface area contributed by atoms with Gasteiger partial charge in [-0.05, 0) is 38.0 Å². The topological polar surface area (TPSA) is 73.0 Å². The maximum Gasteiger partial charge on any atom is 0.225 e. The van der Waals surface area contributed by atoms with Crippen LogP contribution in [-0.2, 0) is 17.8 Å². The molecular formula is C18H18Cl2N4O2. The van der Waals surface area contributed by atoms with Crippen molar-refractivity contribution in [3.05, 3.63) is 63.1 Å². The average molecular weight is 393 g/mol. The SMILES string of the molecule is Cc1noc(C)c1CCC(=O)Nc1ccnn1Cc1ccc(Cl)cc1Cl. The molecule has 3 rings (SSSR count). The number of nitrogens with one attached hydrogen (secondary N) is 1. The monoisotopic (exact) mass is 392 g/mol. The predicted molar refractivity (Wildman–Crippen MR) is 101 cm³/mol. The van der Waals surface area contributed by atoms with Gasteiger partial charge in [-0.25, -0.2) is 4.68 Å². The van der Waals surface area contributed by atoms with Gasteiger partial charge >= 0.3 is 0 Å². The van der Waals surface area contributed by atoms with Gasteiger partial charge in [0.1, 0.15) is 11.6 Å². The van der Waals surface area contributed by atoms with Crippen molar-refractivity contribution in [2.45, 2.75) is 33.2 Å². The molecule has 26 heavy (non-hydrogen) atoms. The number of halogens is 2. The number of aryl methyl sites for hydroxylation is 2. The van der Waals surface area contributed by atoms with Gasteiger partial charge in [0.15, 0.2) is 0 Å². The van der Waals surface area contributed by atoms with E-state index in [1.165, 1.54) is 0 Å². The fourth-order valence-electron chi connectivity index (χ4n) is 2.68.